The van der Waals surface area contributed by atoms with Crippen LogP contribution < -0.4 is 0 Å². The Hall–Kier alpha value is -0.341. The molecule has 0 amide bonds. The van der Waals surface area contributed by atoms with Gasteiger partial charge in [-0.1, -0.05) is 0 Å². The van der Waals surface area contributed by atoms with Gasteiger partial charge in [-0.3, -0.25) is 4.79 Å². The number of carbonyl (C=O) groups is 2. The summed E-state index contributed by atoms with van der Waals surface area (Å²) in [6, 6.07) is 0. The standard InChI is InChI=1S/C5H8O3.Cu/c1-4(6)2-3-5(7)8;/h2-3H2,1H3,(H,7,8);. The summed E-state index contributed by atoms with van der Waals surface area (Å²) in [6.45, 7) is 1.38. The van der Waals surface area contributed by atoms with E-state index in [-0.39, 0.29) is 35.7 Å². The molecule has 0 heterocycles. The summed E-state index contributed by atoms with van der Waals surface area (Å²) in [5, 5.41) is 8.01. The Bertz CT molecular complexity index is 96.8. The zero-order chi connectivity index (χ0) is 6.57. The minimum Gasteiger partial charge on any atom is -0.481 e. The Morgan fingerprint density at radius 1 is 1.33 bits per heavy atom. The monoisotopic (exact) mass is 179 g/mol. The Balaban J connectivity index is 0. The second kappa shape index (κ2) is 5.79. The molecule has 1 radical (unpaired) electrons. The van der Waals surface area contributed by atoms with E-state index in [2.05, 4.69) is 0 Å². The molecule has 0 rings (SSSR count). The van der Waals surface area contributed by atoms with Gasteiger partial charge in [0.15, 0.2) is 0 Å². The van der Waals surface area contributed by atoms with Gasteiger partial charge >= 0.3 is 5.97 Å². The number of carbonyl (C=O) groups excluding carboxylic acids is 1. The van der Waals surface area contributed by atoms with Crippen LogP contribution in [0.15, 0.2) is 0 Å². The molecule has 0 aromatic heterocycles. The Kier molecular flexibility index (Phi) is 7.37. The zero-order valence-corrected chi connectivity index (χ0v) is 5.92. The van der Waals surface area contributed by atoms with Gasteiger partial charge in [-0.2, -0.15) is 0 Å². The summed E-state index contributed by atoms with van der Waals surface area (Å²) in [7, 11) is 0. The van der Waals surface area contributed by atoms with Crippen molar-refractivity contribution in [1.29, 1.82) is 0 Å². The van der Waals surface area contributed by atoms with Crippen molar-refractivity contribution in [2.45, 2.75) is 19.8 Å². The largest absolute Gasteiger partial charge is 0.481 e. The van der Waals surface area contributed by atoms with Gasteiger partial charge in [0, 0.05) is 23.5 Å². The average molecular weight is 180 g/mol. The number of Topliss-reactive ketones (excluding diaryl/α,β-unsaturated/α-hetero) is 1. The minimum atomic E-state index is -0.916. The quantitative estimate of drug-likeness (QED) is 0.640. The summed E-state index contributed by atoms with van der Waals surface area (Å²) >= 11 is 0. The van der Waals surface area contributed by atoms with Crippen molar-refractivity contribution in [2.24, 2.45) is 0 Å². The van der Waals surface area contributed by atoms with Gasteiger partial charge in [0.2, 0.25) is 0 Å². The summed E-state index contributed by atoms with van der Waals surface area (Å²) in [4.78, 5) is 19.8. The van der Waals surface area contributed by atoms with Crippen LogP contribution in [0.4, 0.5) is 0 Å². The van der Waals surface area contributed by atoms with Crippen LogP contribution in [0.3, 0.4) is 0 Å². The van der Waals surface area contributed by atoms with Crippen LogP contribution in [-0.4, -0.2) is 16.9 Å². The number of carboxylic acids is 1. The number of ketones is 1. The predicted molar refractivity (Wildman–Crippen MR) is 27.6 cm³/mol. The first kappa shape index (κ1) is 11.5. The van der Waals surface area contributed by atoms with Crippen molar-refractivity contribution in [2.75, 3.05) is 0 Å². The molecular weight excluding hydrogens is 172 g/mol. The maximum absolute atomic E-state index is 10.1. The molecule has 0 unspecified atom stereocenters. The van der Waals surface area contributed by atoms with Gasteiger partial charge in [-0.15, -0.1) is 0 Å². The molecule has 0 saturated carbocycles. The van der Waals surface area contributed by atoms with Crippen molar-refractivity contribution in [1.82, 2.24) is 0 Å². The van der Waals surface area contributed by atoms with E-state index in [9.17, 15) is 9.59 Å². The van der Waals surface area contributed by atoms with Crippen LogP contribution >= 0.6 is 0 Å². The van der Waals surface area contributed by atoms with E-state index in [1.807, 2.05) is 0 Å². The molecule has 0 aromatic rings. The van der Waals surface area contributed by atoms with E-state index < -0.39 is 5.97 Å². The predicted octanol–water partition coefficient (Wildman–Crippen LogP) is 0.438. The maximum Gasteiger partial charge on any atom is 0.303 e. The van der Waals surface area contributed by atoms with E-state index in [1.54, 1.807) is 0 Å². The first-order valence-corrected chi connectivity index (χ1v) is 2.34. The van der Waals surface area contributed by atoms with Crippen molar-refractivity contribution in [3.63, 3.8) is 0 Å². The van der Waals surface area contributed by atoms with Gasteiger partial charge < -0.3 is 9.90 Å². The first-order valence-electron chi connectivity index (χ1n) is 2.34. The third-order valence-electron chi connectivity index (χ3n) is 0.691. The molecule has 0 saturated heterocycles. The Morgan fingerprint density at radius 2 is 1.78 bits per heavy atom. The number of carboxylic acid groups (broad SMARTS) is 1. The Labute approximate surface area is 63.9 Å². The number of hydrogen-bond acceptors (Lipinski definition) is 2. The fraction of sp³-hybridized carbons (Fsp3) is 0.600. The molecule has 4 heteroatoms. The molecule has 0 aliphatic carbocycles. The molecule has 1 N–H and O–H groups in total. The van der Waals surface area contributed by atoms with E-state index in [0.717, 1.165) is 0 Å². The van der Waals surface area contributed by atoms with Gasteiger partial charge in [-0.25, -0.2) is 0 Å². The Morgan fingerprint density at radius 3 is 1.89 bits per heavy atom. The number of rotatable bonds is 3. The summed E-state index contributed by atoms with van der Waals surface area (Å²) in [6.07, 6.45) is 0.102. The molecular formula is C5H8CuO3. The number of aliphatic carboxylic acids is 1. The van der Waals surface area contributed by atoms with Crippen molar-refractivity contribution >= 4 is 11.8 Å². The fourth-order valence-corrected chi connectivity index (χ4v) is 0.283. The van der Waals surface area contributed by atoms with E-state index in [0.29, 0.717) is 0 Å². The summed E-state index contributed by atoms with van der Waals surface area (Å²) in [5.74, 6) is -0.993. The van der Waals surface area contributed by atoms with Crippen LogP contribution in [0.5, 0.6) is 0 Å². The summed E-state index contributed by atoms with van der Waals surface area (Å²) in [5.41, 5.74) is 0. The molecule has 0 aliphatic heterocycles. The molecule has 0 fully saturated rings. The van der Waals surface area contributed by atoms with Crippen LogP contribution in [0.2, 0.25) is 0 Å². The molecule has 0 aromatic carbocycles. The number of hydrogen-bond donors (Lipinski definition) is 1. The molecule has 57 valence electrons. The third kappa shape index (κ3) is 11.3. The maximum atomic E-state index is 10.1. The second-order valence-corrected chi connectivity index (χ2v) is 1.60. The molecule has 3 nitrogen and oxygen atoms in total. The first-order chi connectivity index (χ1) is 3.63. The van der Waals surface area contributed by atoms with Gasteiger partial charge in [0.25, 0.3) is 0 Å². The van der Waals surface area contributed by atoms with Crippen LogP contribution in [-0.2, 0) is 26.7 Å². The van der Waals surface area contributed by atoms with Gasteiger partial charge in [0.05, 0.1) is 6.42 Å². The van der Waals surface area contributed by atoms with Crippen molar-refractivity contribution < 1.29 is 31.8 Å². The van der Waals surface area contributed by atoms with Crippen molar-refractivity contribution in [3.8, 4) is 0 Å². The summed E-state index contributed by atoms with van der Waals surface area (Å²) < 4.78 is 0. The van der Waals surface area contributed by atoms with E-state index in [1.165, 1.54) is 6.92 Å². The molecule has 0 spiro atoms. The average Bonchev–Trinajstić information content (AvgIpc) is 1.61. The fourth-order valence-electron chi connectivity index (χ4n) is 0.283. The van der Waals surface area contributed by atoms with Crippen molar-refractivity contribution in [3.05, 3.63) is 0 Å². The second-order valence-electron chi connectivity index (χ2n) is 1.60. The SMILES string of the molecule is CC(=O)CCC(=O)O.[Cu]. The van der Waals surface area contributed by atoms with Crippen LogP contribution in [0, 0.1) is 0 Å². The van der Waals surface area contributed by atoms with Crippen LogP contribution in [0.25, 0.3) is 0 Å². The van der Waals surface area contributed by atoms with Gasteiger partial charge in [-0.05, 0) is 6.92 Å². The topological polar surface area (TPSA) is 54.4 Å². The minimum absolute atomic E-state index is 0. The van der Waals surface area contributed by atoms with Crippen LogP contribution in [0.1, 0.15) is 19.8 Å². The third-order valence-corrected chi connectivity index (χ3v) is 0.691. The molecule has 0 bridgehead atoms. The smallest absolute Gasteiger partial charge is 0.303 e. The zero-order valence-electron chi connectivity index (χ0n) is 4.98. The molecule has 9 heavy (non-hydrogen) atoms. The molecule has 0 atom stereocenters. The van der Waals surface area contributed by atoms with Gasteiger partial charge in [0.1, 0.15) is 5.78 Å². The normalized spacial score (nSPS) is 7.67. The molecule has 0 aliphatic rings. The van der Waals surface area contributed by atoms with E-state index in [4.69, 9.17) is 5.11 Å². The van der Waals surface area contributed by atoms with E-state index >= 15 is 0 Å².